The highest BCUT2D eigenvalue weighted by atomic mass is 32.2. The van der Waals surface area contributed by atoms with E-state index in [2.05, 4.69) is 23.1 Å². The first-order valence-electron chi connectivity index (χ1n) is 11.6. The molecule has 31 heavy (non-hydrogen) atoms. The number of aromatic nitrogens is 1. The van der Waals surface area contributed by atoms with E-state index in [0.29, 0.717) is 18.9 Å². The molecule has 1 aliphatic carbocycles. The monoisotopic (exact) mass is 461 g/mol. The van der Waals surface area contributed by atoms with E-state index < -0.39 is 9.84 Å². The number of rotatable bonds is 5. The number of hydrogen-bond acceptors (Lipinski definition) is 6. The van der Waals surface area contributed by atoms with E-state index in [-0.39, 0.29) is 29.5 Å². The fraction of sp³-hybridized carbons (Fsp3) is 0.652. The molecule has 2 aromatic rings. The minimum Gasteiger partial charge on any atom is -0.335 e. The first kappa shape index (κ1) is 21.3. The maximum atomic E-state index is 13.3. The lowest BCUT2D eigenvalue weighted by Gasteiger charge is -2.37. The summed E-state index contributed by atoms with van der Waals surface area (Å²) in [6.07, 6.45) is 6.96. The third kappa shape index (κ3) is 4.66. The summed E-state index contributed by atoms with van der Waals surface area (Å²) < 4.78 is 25.4. The highest BCUT2D eigenvalue weighted by Crippen LogP contribution is 2.34. The Morgan fingerprint density at radius 1 is 1.06 bits per heavy atom. The number of hydrogen-bond donors (Lipinski definition) is 0. The fourth-order valence-corrected chi connectivity index (χ4v) is 8.41. The van der Waals surface area contributed by atoms with Gasteiger partial charge in [0.15, 0.2) is 9.84 Å². The number of likely N-dealkylation sites (tertiary alicyclic amines) is 1. The van der Waals surface area contributed by atoms with Gasteiger partial charge in [0.2, 0.25) is 5.91 Å². The Hall–Kier alpha value is -1.51. The molecule has 1 saturated carbocycles. The minimum absolute atomic E-state index is 0.124. The molecule has 3 aliphatic rings. The van der Waals surface area contributed by atoms with Crippen LogP contribution in [0.1, 0.15) is 55.9 Å². The van der Waals surface area contributed by atoms with Crippen LogP contribution in [0.5, 0.6) is 0 Å². The molecule has 1 amide bonds. The molecular formula is C23H31N3O3S2. The molecule has 1 atom stereocenters. The number of fused-ring (bicyclic) bond motifs is 1. The Bertz CT molecular complexity index is 1000. The second-order valence-electron chi connectivity index (χ2n) is 9.37. The summed E-state index contributed by atoms with van der Waals surface area (Å²) in [5.41, 5.74) is 1.08. The molecule has 0 bridgehead atoms. The van der Waals surface area contributed by atoms with Gasteiger partial charge in [-0.3, -0.25) is 9.69 Å². The van der Waals surface area contributed by atoms with Crippen LogP contribution in [0.25, 0.3) is 10.2 Å². The number of piperidine rings is 1. The van der Waals surface area contributed by atoms with Crippen LogP contribution in [0.4, 0.5) is 0 Å². The van der Waals surface area contributed by atoms with Crippen molar-refractivity contribution in [2.45, 2.75) is 62.9 Å². The minimum atomic E-state index is -3.00. The van der Waals surface area contributed by atoms with Crippen molar-refractivity contribution in [2.24, 2.45) is 0 Å². The number of amides is 1. The summed E-state index contributed by atoms with van der Waals surface area (Å²) >= 11 is 1.80. The zero-order valence-electron chi connectivity index (χ0n) is 17.9. The summed E-state index contributed by atoms with van der Waals surface area (Å²) in [6.45, 7) is 2.21. The summed E-state index contributed by atoms with van der Waals surface area (Å²) in [5, 5.41) is 1.22. The van der Waals surface area contributed by atoms with Gasteiger partial charge in [0.25, 0.3) is 0 Å². The fourth-order valence-electron chi connectivity index (χ4n) is 5.56. The predicted octanol–water partition coefficient (Wildman–Crippen LogP) is 3.43. The molecule has 1 aromatic heterocycles. The number of sulfone groups is 1. The zero-order valence-corrected chi connectivity index (χ0v) is 19.5. The van der Waals surface area contributed by atoms with Crippen molar-refractivity contribution in [3.05, 3.63) is 29.3 Å². The molecule has 0 spiro atoms. The lowest BCUT2D eigenvalue weighted by molar-refractivity contribution is -0.137. The number of thiazole rings is 1. The molecule has 1 aromatic carbocycles. The molecule has 2 aliphatic heterocycles. The highest BCUT2D eigenvalue weighted by molar-refractivity contribution is 7.91. The van der Waals surface area contributed by atoms with Gasteiger partial charge < -0.3 is 4.90 Å². The van der Waals surface area contributed by atoms with Gasteiger partial charge in [-0.1, -0.05) is 25.0 Å². The SMILES string of the molecule is O=C(CN1CCC(c2nc3ccccc3s2)CC1)N(C1CCCC1)[C@H]1CCS(=O)(=O)C1. The quantitative estimate of drug-likeness (QED) is 0.682. The van der Waals surface area contributed by atoms with Crippen LogP contribution in [-0.4, -0.2) is 72.3 Å². The first-order valence-corrected chi connectivity index (χ1v) is 14.2. The number of carbonyl (C=O) groups excluding carboxylic acids is 1. The second-order valence-corrected chi connectivity index (χ2v) is 12.7. The molecule has 6 nitrogen and oxygen atoms in total. The molecule has 0 radical (unpaired) electrons. The van der Waals surface area contributed by atoms with Crippen LogP contribution in [0.15, 0.2) is 24.3 Å². The maximum absolute atomic E-state index is 13.3. The summed E-state index contributed by atoms with van der Waals surface area (Å²) in [7, 11) is -3.00. The van der Waals surface area contributed by atoms with Crippen molar-refractivity contribution in [2.75, 3.05) is 31.1 Å². The van der Waals surface area contributed by atoms with Gasteiger partial charge in [-0.25, -0.2) is 13.4 Å². The molecule has 3 fully saturated rings. The van der Waals surface area contributed by atoms with Gasteiger partial charge in [0.05, 0.1) is 33.3 Å². The number of benzene rings is 1. The van der Waals surface area contributed by atoms with Gasteiger partial charge in [-0.2, -0.15) is 0 Å². The van der Waals surface area contributed by atoms with E-state index in [4.69, 9.17) is 4.98 Å². The van der Waals surface area contributed by atoms with E-state index in [0.717, 1.165) is 57.1 Å². The van der Waals surface area contributed by atoms with Crippen molar-refractivity contribution < 1.29 is 13.2 Å². The third-order valence-electron chi connectivity index (χ3n) is 7.21. The second kappa shape index (κ2) is 8.79. The normalized spacial score (nSPS) is 25.4. The van der Waals surface area contributed by atoms with Gasteiger partial charge in [-0.15, -0.1) is 11.3 Å². The van der Waals surface area contributed by atoms with Crippen molar-refractivity contribution in [1.29, 1.82) is 0 Å². The van der Waals surface area contributed by atoms with Crippen LogP contribution in [0, 0.1) is 0 Å². The molecule has 5 rings (SSSR count). The Labute approximate surface area is 188 Å². The number of para-hydroxylation sites is 1. The van der Waals surface area contributed by atoms with E-state index in [1.165, 1.54) is 9.71 Å². The third-order valence-corrected chi connectivity index (χ3v) is 10.2. The molecule has 8 heteroatoms. The summed E-state index contributed by atoms with van der Waals surface area (Å²) in [6, 6.07) is 8.40. The maximum Gasteiger partial charge on any atom is 0.237 e. The van der Waals surface area contributed by atoms with Crippen LogP contribution in [0.2, 0.25) is 0 Å². The first-order chi connectivity index (χ1) is 15.0. The summed E-state index contributed by atoms with van der Waals surface area (Å²) in [5.74, 6) is 0.971. The van der Waals surface area contributed by atoms with Crippen LogP contribution < -0.4 is 0 Å². The Morgan fingerprint density at radius 2 is 1.81 bits per heavy atom. The topological polar surface area (TPSA) is 70.6 Å². The van der Waals surface area contributed by atoms with E-state index in [1.54, 1.807) is 11.3 Å². The van der Waals surface area contributed by atoms with Crippen LogP contribution in [-0.2, 0) is 14.6 Å². The highest BCUT2D eigenvalue weighted by Gasteiger charge is 2.39. The smallest absolute Gasteiger partial charge is 0.237 e. The van der Waals surface area contributed by atoms with E-state index >= 15 is 0 Å². The van der Waals surface area contributed by atoms with Crippen LogP contribution in [0.3, 0.4) is 0 Å². The van der Waals surface area contributed by atoms with Crippen LogP contribution >= 0.6 is 11.3 Å². The number of carbonyl (C=O) groups is 1. The number of nitrogens with zero attached hydrogens (tertiary/aromatic N) is 3. The molecular weight excluding hydrogens is 430 g/mol. The molecule has 0 N–H and O–H groups in total. The lowest BCUT2D eigenvalue weighted by atomic mass is 9.97. The Kier molecular flexibility index (Phi) is 6.05. The molecule has 2 saturated heterocycles. The Balaban J connectivity index is 1.21. The van der Waals surface area contributed by atoms with Crippen molar-refractivity contribution in [3.8, 4) is 0 Å². The average Bonchev–Trinajstić information content (AvgIpc) is 3.49. The largest absolute Gasteiger partial charge is 0.335 e. The zero-order chi connectivity index (χ0) is 21.4. The van der Waals surface area contributed by atoms with E-state index in [9.17, 15) is 13.2 Å². The molecule has 0 unspecified atom stereocenters. The van der Waals surface area contributed by atoms with Crippen molar-refractivity contribution >= 4 is 37.3 Å². The van der Waals surface area contributed by atoms with Crippen molar-refractivity contribution in [3.63, 3.8) is 0 Å². The van der Waals surface area contributed by atoms with E-state index in [1.807, 2.05) is 11.0 Å². The Morgan fingerprint density at radius 3 is 2.48 bits per heavy atom. The van der Waals surface area contributed by atoms with Gasteiger partial charge in [0, 0.05) is 18.0 Å². The van der Waals surface area contributed by atoms with Crippen molar-refractivity contribution in [1.82, 2.24) is 14.8 Å². The molecule has 168 valence electrons. The van der Waals surface area contributed by atoms with Gasteiger partial charge >= 0.3 is 0 Å². The summed E-state index contributed by atoms with van der Waals surface area (Å²) in [4.78, 5) is 22.4. The van der Waals surface area contributed by atoms with Gasteiger partial charge in [0.1, 0.15) is 0 Å². The molecule has 3 heterocycles. The van der Waals surface area contributed by atoms with Gasteiger partial charge in [-0.05, 0) is 57.3 Å². The predicted molar refractivity (Wildman–Crippen MR) is 124 cm³/mol. The lowest BCUT2D eigenvalue weighted by Crippen LogP contribution is -2.51. The standard InChI is InChI=1S/C23H31N3O3S2/c27-22(26(18-5-1-2-6-18)19-11-14-31(28,29)16-19)15-25-12-9-17(10-13-25)23-24-20-7-3-4-8-21(20)30-23/h3-4,7-8,17-19H,1-2,5-6,9-16H2/t19-/m0/s1. The average molecular weight is 462 g/mol.